The van der Waals surface area contributed by atoms with Gasteiger partial charge in [-0.1, -0.05) is 47.5 Å². The highest BCUT2D eigenvalue weighted by atomic mass is 35.5. The monoisotopic (exact) mass is 289 g/mol. The Morgan fingerprint density at radius 2 is 1.79 bits per heavy atom. The number of hydrogen-bond donors (Lipinski definition) is 1. The Morgan fingerprint density at radius 3 is 2.58 bits per heavy atom. The molecule has 0 saturated heterocycles. The van der Waals surface area contributed by atoms with Crippen LogP contribution in [0.1, 0.15) is 11.1 Å². The van der Waals surface area contributed by atoms with Crippen molar-refractivity contribution in [2.24, 2.45) is 0 Å². The van der Waals surface area contributed by atoms with Crippen LogP contribution in [-0.4, -0.2) is 5.91 Å². The molecule has 1 heterocycles. The van der Waals surface area contributed by atoms with Gasteiger partial charge in [0.05, 0.1) is 10.0 Å². The van der Waals surface area contributed by atoms with Crippen molar-refractivity contribution in [1.82, 2.24) is 0 Å². The second-order valence-electron chi connectivity index (χ2n) is 4.23. The molecule has 0 unspecified atom stereocenters. The van der Waals surface area contributed by atoms with Crippen LogP contribution in [0.5, 0.6) is 0 Å². The minimum Gasteiger partial charge on any atom is -0.321 e. The summed E-state index contributed by atoms with van der Waals surface area (Å²) in [5.41, 5.74) is 3.21. The van der Waals surface area contributed by atoms with Gasteiger partial charge in [0.15, 0.2) is 0 Å². The van der Waals surface area contributed by atoms with E-state index in [9.17, 15) is 4.79 Å². The van der Waals surface area contributed by atoms with E-state index in [2.05, 4.69) is 5.32 Å². The minimum absolute atomic E-state index is 0.104. The van der Waals surface area contributed by atoms with Crippen LogP contribution >= 0.6 is 23.2 Å². The third kappa shape index (κ3) is 2.25. The van der Waals surface area contributed by atoms with Crippen LogP contribution in [0.15, 0.2) is 42.5 Å². The molecule has 4 heteroatoms. The first-order valence-corrected chi connectivity index (χ1v) is 6.48. The van der Waals surface area contributed by atoms with E-state index in [0.717, 1.165) is 16.8 Å². The number of amides is 1. The smallest absolute Gasteiger partial charge is 0.256 e. The van der Waals surface area contributed by atoms with Crippen molar-refractivity contribution in [2.45, 2.75) is 0 Å². The molecule has 2 aromatic carbocycles. The van der Waals surface area contributed by atoms with Crippen LogP contribution in [0.25, 0.3) is 11.6 Å². The van der Waals surface area contributed by atoms with Crippen LogP contribution < -0.4 is 5.32 Å². The summed E-state index contributed by atoms with van der Waals surface area (Å²) in [7, 11) is 0. The Balaban J connectivity index is 2.08. The quantitative estimate of drug-likeness (QED) is 0.770. The highest BCUT2D eigenvalue weighted by molar-refractivity contribution is 6.42. The van der Waals surface area contributed by atoms with Crippen LogP contribution in [0.2, 0.25) is 10.0 Å². The van der Waals surface area contributed by atoms with Gasteiger partial charge in [-0.25, -0.2) is 0 Å². The van der Waals surface area contributed by atoms with Crippen molar-refractivity contribution < 1.29 is 4.79 Å². The Morgan fingerprint density at radius 1 is 1.00 bits per heavy atom. The molecule has 94 valence electrons. The lowest BCUT2D eigenvalue weighted by Gasteiger charge is -2.00. The predicted octanol–water partition coefficient (Wildman–Crippen LogP) is 4.49. The number of para-hydroxylation sites is 1. The predicted molar refractivity (Wildman–Crippen MR) is 79.4 cm³/mol. The number of fused-ring (bicyclic) bond motifs is 1. The average Bonchev–Trinajstić information content (AvgIpc) is 2.71. The molecule has 0 aliphatic carbocycles. The summed E-state index contributed by atoms with van der Waals surface area (Å²) in [6.45, 7) is 0. The number of hydrogen-bond acceptors (Lipinski definition) is 1. The van der Waals surface area contributed by atoms with Crippen LogP contribution in [-0.2, 0) is 4.79 Å². The minimum atomic E-state index is -0.104. The van der Waals surface area contributed by atoms with Gasteiger partial charge in [-0.2, -0.15) is 0 Å². The molecule has 0 saturated carbocycles. The van der Waals surface area contributed by atoms with Crippen molar-refractivity contribution >= 4 is 46.4 Å². The fourth-order valence-corrected chi connectivity index (χ4v) is 2.36. The van der Waals surface area contributed by atoms with Gasteiger partial charge in [-0.3, -0.25) is 4.79 Å². The molecule has 0 radical (unpaired) electrons. The molecule has 1 aliphatic rings. The lowest BCUT2D eigenvalue weighted by atomic mass is 10.0. The first kappa shape index (κ1) is 12.3. The van der Waals surface area contributed by atoms with Gasteiger partial charge in [0.2, 0.25) is 0 Å². The molecule has 2 aromatic rings. The summed E-state index contributed by atoms with van der Waals surface area (Å²) >= 11 is 11.8. The number of rotatable bonds is 1. The lowest BCUT2D eigenvalue weighted by molar-refractivity contribution is -0.110. The van der Waals surface area contributed by atoms with Gasteiger partial charge in [-0.05, 0) is 29.8 Å². The largest absolute Gasteiger partial charge is 0.321 e. The highest BCUT2D eigenvalue weighted by Crippen LogP contribution is 2.33. The number of anilines is 1. The summed E-state index contributed by atoms with van der Waals surface area (Å²) in [4.78, 5) is 11.9. The Bertz CT molecular complexity index is 707. The maximum Gasteiger partial charge on any atom is 0.256 e. The first-order chi connectivity index (χ1) is 9.15. The van der Waals surface area contributed by atoms with Crippen molar-refractivity contribution in [1.29, 1.82) is 0 Å². The summed E-state index contributed by atoms with van der Waals surface area (Å²) < 4.78 is 0. The van der Waals surface area contributed by atoms with E-state index in [4.69, 9.17) is 23.2 Å². The normalized spacial score (nSPS) is 15.5. The van der Waals surface area contributed by atoms with Crippen molar-refractivity contribution in [3.05, 3.63) is 63.6 Å². The number of benzene rings is 2. The van der Waals surface area contributed by atoms with Gasteiger partial charge in [0.1, 0.15) is 0 Å². The topological polar surface area (TPSA) is 29.1 Å². The second kappa shape index (κ2) is 4.72. The zero-order valence-corrected chi connectivity index (χ0v) is 11.3. The Hall–Kier alpha value is -1.77. The van der Waals surface area contributed by atoms with E-state index in [0.29, 0.717) is 15.6 Å². The molecule has 0 aromatic heterocycles. The number of halogens is 2. The van der Waals surface area contributed by atoms with E-state index >= 15 is 0 Å². The molecular formula is C15H9Cl2NO. The van der Waals surface area contributed by atoms with Gasteiger partial charge in [-0.15, -0.1) is 0 Å². The van der Waals surface area contributed by atoms with Crippen molar-refractivity contribution in [2.75, 3.05) is 5.32 Å². The van der Waals surface area contributed by atoms with E-state index < -0.39 is 0 Å². The summed E-state index contributed by atoms with van der Waals surface area (Å²) in [5.74, 6) is -0.104. The molecule has 0 atom stereocenters. The van der Waals surface area contributed by atoms with Gasteiger partial charge >= 0.3 is 0 Å². The Kier molecular flexibility index (Phi) is 3.05. The maximum absolute atomic E-state index is 11.9. The number of nitrogens with one attached hydrogen (secondary N) is 1. The third-order valence-electron chi connectivity index (χ3n) is 2.96. The van der Waals surface area contributed by atoms with Crippen molar-refractivity contribution in [3.8, 4) is 0 Å². The third-order valence-corrected chi connectivity index (χ3v) is 3.70. The molecule has 19 heavy (non-hydrogen) atoms. The Labute approximate surface area is 120 Å². The van der Waals surface area contributed by atoms with Crippen LogP contribution in [0.3, 0.4) is 0 Å². The molecule has 1 aliphatic heterocycles. The van der Waals surface area contributed by atoms with E-state index in [1.165, 1.54) is 0 Å². The first-order valence-electron chi connectivity index (χ1n) is 5.72. The number of carbonyl (C=O) groups excluding carboxylic acids is 1. The molecule has 0 bridgehead atoms. The highest BCUT2D eigenvalue weighted by Gasteiger charge is 2.23. The molecular weight excluding hydrogens is 281 g/mol. The summed E-state index contributed by atoms with van der Waals surface area (Å²) in [6, 6.07) is 12.9. The average molecular weight is 290 g/mol. The maximum atomic E-state index is 11.9. The van der Waals surface area contributed by atoms with Gasteiger partial charge < -0.3 is 5.32 Å². The molecule has 0 spiro atoms. The SMILES string of the molecule is O=C1Nc2ccccc2C1=Cc1ccc(Cl)c(Cl)c1. The second-order valence-corrected chi connectivity index (χ2v) is 5.05. The van der Waals surface area contributed by atoms with E-state index in [1.54, 1.807) is 12.1 Å². The molecule has 2 nitrogen and oxygen atoms in total. The standard InChI is InChI=1S/C15H9Cl2NO/c16-12-6-5-9(8-13(12)17)7-11-10-3-1-2-4-14(10)18-15(11)19/h1-8H,(H,18,19). The lowest BCUT2D eigenvalue weighted by Crippen LogP contribution is -2.03. The van der Waals surface area contributed by atoms with Crippen molar-refractivity contribution in [3.63, 3.8) is 0 Å². The molecule has 1 amide bonds. The molecule has 1 N–H and O–H groups in total. The molecule has 3 rings (SSSR count). The zero-order chi connectivity index (χ0) is 13.4. The summed E-state index contributed by atoms with van der Waals surface area (Å²) in [5, 5.41) is 3.80. The fraction of sp³-hybridized carbons (Fsp3) is 0. The number of carbonyl (C=O) groups is 1. The van der Waals surface area contributed by atoms with Gasteiger partial charge in [0, 0.05) is 16.8 Å². The fourth-order valence-electron chi connectivity index (χ4n) is 2.05. The van der Waals surface area contributed by atoms with Crippen LogP contribution in [0.4, 0.5) is 5.69 Å². The molecule has 0 fully saturated rings. The van der Waals surface area contributed by atoms with Gasteiger partial charge in [0.25, 0.3) is 5.91 Å². The van der Waals surface area contributed by atoms with E-state index in [-0.39, 0.29) is 5.91 Å². The van der Waals surface area contributed by atoms with E-state index in [1.807, 2.05) is 36.4 Å². The summed E-state index contributed by atoms with van der Waals surface area (Å²) in [6.07, 6.45) is 1.81. The zero-order valence-electron chi connectivity index (χ0n) is 9.78. The van der Waals surface area contributed by atoms with Crippen LogP contribution in [0, 0.1) is 0 Å².